The van der Waals surface area contributed by atoms with Gasteiger partial charge in [-0.1, -0.05) is 12.1 Å². The molecule has 1 atom stereocenters. The van der Waals surface area contributed by atoms with Gasteiger partial charge in [0.25, 0.3) is 0 Å². The third kappa shape index (κ3) is 3.96. The summed E-state index contributed by atoms with van der Waals surface area (Å²) < 4.78 is 5.67. The molecule has 1 fully saturated rings. The van der Waals surface area contributed by atoms with Crippen LogP contribution in [0.5, 0.6) is 0 Å². The summed E-state index contributed by atoms with van der Waals surface area (Å²) in [5, 5.41) is 14.7. The lowest BCUT2D eigenvalue weighted by Gasteiger charge is -2.23. The number of anilines is 3. The van der Waals surface area contributed by atoms with Gasteiger partial charge in [-0.2, -0.15) is 10.1 Å². The van der Waals surface area contributed by atoms with Gasteiger partial charge in [0.1, 0.15) is 5.82 Å². The van der Waals surface area contributed by atoms with Gasteiger partial charge in [-0.3, -0.25) is 5.10 Å². The Hall–Kier alpha value is -3.82. The normalized spacial score (nSPS) is 16.1. The molecule has 2 N–H and O–H groups in total. The van der Waals surface area contributed by atoms with E-state index in [0.717, 1.165) is 48.8 Å². The number of hydrogen-bond acceptors (Lipinski definition) is 9. The fourth-order valence-corrected chi connectivity index (χ4v) is 3.77. The predicted octanol–water partition coefficient (Wildman–Crippen LogP) is 3.60. The monoisotopic (exact) mass is 417 g/mol. The van der Waals surface area contributed by atoms with Gasteiger partial charge in [0, 0.05) is 48.5 Å². The highest BCUT2D eigenvalue weighted by Crippen LogP contribution is 2.36. The zero-order chi connectivity index (χ0) is 21.2. The fraction of sp³-hybridized carbons (Fsp3) is 0.333. The summed E-state index contributed by atoms with van der Waals surface area (Å²) in [7, 11) is 0. The van der Waals surface area contributed by atoms with Gasteiger partial charge in [-0.25, -0.2) is 15.0 Å². The van der Waals surface area contributed by atoms with E-state index in [2.05, 4.69) is 47.4 Å². The highest BCUT2D eigenvalue weighted by Gasteiger charge is 2.32. The zero-order valence-electron chi connectivity index (χ0n) is 17.4. The summed E-state index contributed by atoms with van der Waals surface area (Å²) >= 11 is 0. The molecule has 31 heavy (non-hydrogen) atoms. The number of aromatic nitrogens is 7. The van der Waals surface area contributed by atoms with E-state index >= 15 is 0 Å². The van der Waals surface area contributed by atoms with Gasteiger partial charge in [0.2, 0.25) is 5.95 Å². The van der Waals surface area contributed by atoms with Crippen molar-refractivity contribution in [3.63, 3.8) is 0 Å². The Labute approximate surface area is 179 Å². The van der Waals surface area contributed by atoms with Crippen molar-refractivity contribution in [1.82, 2.24) is 35.3 Å². The number of nitrogens with one attached hydrogen (secondary N) is 2. The largest absolute Gasteiger partial charge is 0.358 e. The van der Waals surface area contributed by atoms with E-state index in [1.54, 1.807) is 18.5 Å². The summed E-state index contributed by atoms with van der Waals surface area (Å²) in [4.78, 5) is 20.1. The van der Waals surface area contributed by atoms with Crippen LogP contribution in [0.3, 0.4) is 0 Å². The third-order valence-corrected chi connectivity index (χ3v) is 5.27. The number of nitrogens with zero attached hydrogens (tertiary/aromatic N) is 7. The van der Waals surface area contributed by atoms with Crippen LogP contribution in [0.1, 0.15) is 43.0 Å². The minimum Gasteiger partial charge on any atom is -0.358 e. The molecule has 0 radical (unpaired) electrons. The number of aromatic amines is 1. The Morgan fingerprint density at radius 3 is 2.84 bits per heavy atom. The molecule has 0 spiro atoms. The molecule has 0 aromatic carbocycles. The Bertz CT molecular complexity index is 1170. The van der Waals surface area contributed by atoms with Gasteiger partial charge < -0.3 is 14.7 Å². The first kappa shape index (κ1) is 19.2. The molecule has 4 aromatic heterocycles. The van der Waals surface area contributed by atoms with E-state index in [4.69, 9.17) is 9.51 Å². The summed E-state index contributed by atoms with van der Waals surface area (Å²) in [6.45, 7) is 4.88. The molecule has 1 aliphatic heterocycles. The fourth-order valence-electron chi connectivity index (χ4n) is 3.77. The van der Waals surface area contributed by atoms with Crippen LogP contribution < -0.4 is 10.2 Å². The first-order valence-electron chi connectivity index (χ1n) is 10.4. The van der Waals surface area contributed by atoms with E-state index in [0.29, 0.717) is 23.3 Å². The molecule has 0 bridgehead atoms. The molecular weight excluding hydrogens is 394 g/mol. The average molecular weight is 417 g/mol. The molecule has 158 valence electrons. The molecule has 0 saturated carbocycles. The molecule has 10 nitrogen and oxygen atoms in total. The van der Waals surface area contributed by atoms with Crippen molar-refractivity contribution in [2.45, 2.75) is 39.2 Å². The molecule has 0 unspecified atom stereocenters. The van der Waals surface area contributed by atoms with Crippen LogP contribution in [-0.2, 0) is 6.42 Å². The van der Waals surface area contributed by atoms with Crippen LogP contribution in [0.25, 0.3) is 11.5 Å². The number of H-pyrrole nitrogens is 1. The molecule has 10 heteroatoms. The molecule has 4 aromatic rings. The maximum Gasteiger partial charge on any atom is 0.228 e. The van der Waals surface area contributed by atoms with E-state index in [1.807, 2.05) is 25.1 Å². The van der Waals surface area contributed by atoms with Gasteiger partial charge >= 0.3 is 0 Å². The van der Waals surface area contributed by atoms with Gasteiger partial charge in [0.15, 0.2) is 23.1 Å². The second kappa shape index (κ2) is 8.13. The molecule has 0 aliphatic carbocycles. The Morgan fingerprint density at radius 1 is 1.16 bits per heavy atom. The summed E-state index contributed by atoms with van der Waals surface area (Å²) in [6.07, 6.45) is 6.23. The van der Waals surface area contributed by atoms with Crippen LogP contribution in [0.15, 0.2) is 41.2 Å². The Morgan fingerprint density at radius 2 is 2.03 bits per heavy atom. The average Bonchev–Trinajstić information content (AvgIpc) is 3.54. The van der Waals surface area contributed by atoms with Gasteiger partial charge in [0.05, 0.1) is 6.04 Å². The molecular formula is C21H23N9O. The summed E-state index contributed by atoms with van der Waals surface area (Å²) in [5.74, 6) is 3.41. The Balaban J connectivity index is 1.40. The van der Waals surface area contributed by atoms with Crippen LogP contribution in [0, 0.1) is 6.92 Å². The van der Waals surface area contributed by atoms with Gasteiger partial charge in [-0.05, 0) is 32.3 Å². The quantitative estimate of drug-likeness (QED) is 0.484. The third-order valence-electron chi connectivity index (χ3n) is 5.27. The molecule has 5 rings (SSSR count). The van der Waals surface area contributed by atoms with Crippen molar-refractivity contribution in [3.05, 3.63) is 53.8 Å². The first-order chi connectivity index (χ1) is 15.2. The maximum absolute atomic E-state index is 5.67. The van der Waals surface area contributed by atoms with E-state index in [-0.39, 0.29) is 6.04 Å². The van der Waals surface area contributed by atoms with Gasteiger partial charge in [-0.15, -0.1) is 0 Å². The number of aryl methyl sites for hydroxylation is 2. The van der Waals surface area contributed by atoms with Crippen molar-refractivity contribution in [3.8, 4) is 11.5 Å². The SMILES string of the molecule is CCc1cc(Nc2cc(C)nc(N3CCC[C@H]3c3cc(-c4ncccn4)no3)n2)n[nH]1. The molecule has 1 aliphatic rings. The second-order valence-corrected chi connectivity index (χ2v) is 7.49. The minimum atomic E-state index is 0.0108. The smallest absolute Gasteiger partial charge is 0.228 e. The van der Waals surface area contributed by atoms with Crippen molar-refractivity contribution in [2.75, 3.05) is 16.8 Å². The van der Waals surface area contributed by atoms with Crippen molar-refractivity contribution < 1.29 is 4.52 Å². The zero-order valence-corrected chi connectivity index (χ0v) is 17.4. The van der Waals surface area contributed by atoms with Crippen LogP contribution in [0.2, 0.25) is 0 Å². The highest BCUT2D eigenvalue weighted by atomic mass is 16.5. The molecule has 1 saturated heterocycles. The number of hydrogen-bond donors (Lipinski definition) is 2. The highest BCUT2D eigenvalue weighted by molar-refractivity contribution is 5.55. The first-order valence-corrected chi connectivity index (χ1v) is 10.4. The molecule has 5 heterocycles. The molecule has 0 amide bonds. The lowest BCUT2D eigenvalue weighted by atomic mass is 10.1. The summed E-state index contributed by atoms with van der Waals surface area (Å²) in [6, 6.07) is 7.59. The lowest BCUT2D eigenvalue weighted by Crippen LogP contribution is -2.25. The maximum atomic E-state index is 5.67. The van der Waals surface area contributed by atoms with Crippen LogP contribution >= 0.6 is 0 Å². The second-order valence-electron chi connectivity index (χ2n) is 7.49. The predicted molar refractivity (Wildman–Crippen MR) is 115 cm³/mol. The van der Waals surface area contributed by atoms with Crippen LogP contribution in [0.4, 0.5) is 17.6 Å². The van der Waals surface area contributed by atoms with E-state index in [9.17, 15) is 0 Å². The van der Waals surface area contributed by atoms with Crippen molar-refractivity contribution in [2.24, 2.45) is 0 Å². The van der Waals surface area contributed by atoms with Crippen molar-refractivity contribution in [1.29, 1.82) is 0 Å². The standard InChI is InChI=1S/C21H23N9O/c1-3-14-11-19(28-27-14)25-18-10-13(2)24-21(26-18)30-9-4-6-16(30)17-12-15(29-31-17)20-22-7-5-8-23-20/h5,7-8,10-12,16H,3-4,6,9H2,1-2H3,(H2,24,25,26,27,28)/t16-/m0/s1. The topological polar surface area (TPSA) is 122 Å². The summed E-state index contributed by atoms with van der Waals surface area (Å²) in [5.41, 5.74) is 2.57. The van der Waals surface area contributed by atoms with E-state index < -0.39 is 0 Å². The minimum absolute atomic E-state index is 0.0108. The van der Waals surface area contributed by atoms with Crippen molar-refractivity contribution >= 4 is 17.6 Å². The van der Waals surface area contributed by atoms with Crippen LogP contribution in [-0.4, -0.2) is 41.8 Å². The number of rotatable bonds is 6. The Kier molecular flexibility index (Phi) is 5.03. The van der Waals surface area contributed by atoms with E-state index in [1.165, 1.54) is 0 Å². The lowest BCUT2D eigenvalue weighted by molar-refractivity contribution is 0.362.